The van der Waals surface area contributed by atoms with Crippen molar-refractivity contribution >= 4 is 17.5 Å². The van der Waals surface area contributed by atoms with Gasteiger partial charge in [-0.15, -0.1) is 10.2 Å². The molecule has 2 aromatic rings. The molecular weight excluding hydrogens is 332 g/mol. The van der Waals surface area contributed by atoms with Crippen molar-refractivity contribution in [3.63, 3.8) is 0 Å². The number of fused-ring (bicyclic) bond motifs is 1. The summed E-state index contributed by atoms with van der Waals surface area (Å²) in [6.07, 6.45) is 0. The van der Waals surface area contributed by atoms with Gasteiger partial charge in [0.25, 0.3) is 5.22 Å². The summed E-state index contributed by atoms with van der Waals surface area (Å²) >= 11 is 1.04. The van der Waals surface area contributed by atoms with Crippen LogP contribution in [-0.4, -0.2) is 28.5 Å². The van der Waals surface area contributed by atoms with E-state index in [0.717, 1.165) is 11.8 Å². The van der Waals surface area contributed by atoms with Gasteiger partial charge in [-0.05, 0) is 25.1 Å². The van der Waals surface area contributed by atoms with Crippen molar-refractivity contribution in [3.05, 3.63) is 29.5 Å². The number of nitrogens with zero attached hydrogens (tertiary/aromatic N) is 3. The topological polar surface area (TPSA) is 124 Å². The molecule has 0 aliphatic carbocycles. The molecule has 0 amide bonds. The predicted molar refractivity (Wildman–Crippen MR) is 84.1 cm³/mol. The summed E-state index contributed by atoms with van der Waals surface area (Å²) in [6.45, 7) is 1.69. The minimum atomic E-state index is -0.384. The van der Waals surface area contributed by atoms with Crippen molar-refractivity contribution in [2.24, 2.45) is 5.73 Å². The fraction of sp³-hybridized carbons (Fsp3) is 0.200. The van der Waals surface area contributed by atoms with Crippen molar-refractivity contribution in [1.29, 1.82) is 5.26 Å². The Kier molecular flexibility index (Phi) is 4.39. The number of carbonyl (C=O) groups is 1. The van der Waals surface area contributed by atoms with Crippen molar-refractivity contribution in [2.45, 2.75) is 12.1 Å². The monoisotopic (exact) mass is 344 g/mol. The van der Waals surface area contributed by atoms with E-state index in [4.69, 9.17) is 24.9 Å². The number of ether oxygens (including phenoxy) is 2. The minimum Gasteiger partial charge on any atom is -0.454 e. The molecule has 9 heteroatoms. The van der Waals surface area contributed by atoms with E-state index in [1.165, 1.54) is 6.92 Å². The number of allylic oxidation sites excluding steroid dienone is 2. The van der Waals surface area contributed by atoms with Gasteiger partial charge in [0.15, 0.2) is 17.3 Å². The number of ketones is 1. The van der Waals surface area contributed by atoms with Crippen LogP contribution in [0.5, 0.6) is 11.5 Å². The molecule has 1 aromatic heterocycles. The molecule has 8 nitrogen and oxygen atoms in total. The lowest BCUT2D eigenvalue weighted by molar-refractivity contribution is -0.112. The Morgan fingerprint density at radius 1 is 1.38 bits per heavy atom. The van der Waals surface area contributed by atoms with Gasteiger partial charge in [-0.25, -0.2) is 0 Å². The van der Waals surface area contributed by atoms with Crippen molar-refractivity contribution < 1.29 is 18.7 Å². The standard InChI is InChI=1S/C15H12N4O4S/c1-8(17)10(5-16)11(20)6-24-15-19-18-14(23-15)9-2-3-12-13(4-9)22-7-21-12/h2-4H,6-7,17H2,1H3/b10-8+. The molecule has 0 fully saturated rings. The summed E-state index contributed by atoms with van der Waals surface area (Å²) in [7, 11) is 0. The van der Waals surface area contributed by atoms with Crippen LogP contribution in [0.15, 0.2) is 39.1 Å². The zero-order chi connectivity index (χ0) is 17.1. The summed E-state index contributed by atoms with van der Waals surface area (Å²) in [5, 5.41) is 17.0. The highest BCUT2D eigenvalue weighted by molar-refractivity contribution is 7.99. The average molecular weight is 344 g/mol. The Bertz CT molecular complexity index is 865. The first-order chi connectivity index (χ1) is 11.6. The first kappa shape index (κ1) is 15.9. The van der Waals surface area contributed by atoms with E-state index in [-0.39, 0.29) is 34.8 Å². The fourth-order valence-corrected chi connectivity index (χ4v) is 2.62. The SMILES string of the molecule is C/C(N)=C(/C#N)C(=O)CSc1nnc(-c2ccc3c(c2)OCO3)o1. The number of carbonyl (C=O) groups excluding carboxylic acids is 1. The van der Waals surface area contributed by atoms with Crippen LogP contribution in [0.25, 0.3) is 11.5 Å². The summed E-state index contributed by atoms with van der Waals surface area (Å²) in [4.78, 5) is 11.9. The molecular formula is C15H12N4O4S. The van der Waals surface area contributed by atoms with Gasteiger partial charge in [0.05, 0.1) is 5.75 Å². The van der Waals surface area contributed by atoms with E-state index >= 15 is 0 Å². The predicted octanol–water partition coefficient (Wildman–Crippen LogP) is 1.88. The highest BCUT2D eigenvalue weighted by Crippen LogP contribution is 2.36. The quantitative estimate of drug-likeness (QED) is 0.491. The van der Waals surface area contributed by atoms with Crippen LogP contribution in [0, 0.1) is 11.3 Å². The summed E-state index contributed by atoms with van der Waals surface area (Å²) in [6, 6.07) is 7.06. The smallest absolute Gasteiger partial charge is 0.277 e. The van der Waals surface area contributed by atoms with E-state index < -0.39 is 0 Å². The molecule has 0 unspecified atom stereocenters. The normalized spacial score (nSPS) is 13.3. The van der Waals surface area contributed by atoms with Gasteiger partial charge in [0, 0.05) is 11.3 Å². The molecule has 0 atom stereocenters. The second-order valence-corrected chi connectivity index (χ2v) is 5.75. The summed E-state index contributed by atoms with van der Waals surface area (Å²) < 4.78 is 16.1. The van der Waals surface area contributed by atoms with Crippen LogP contribution in [-0.2, 0) is 4.79 Å². The Balaban J connectivity index is 1.69. The van der Waals surface area contributed by atoms with E-state index in [1.807, 2.05) is 0 Å². The maximum absolute atomic E-state index is 11.9. The minimum absolute atomic E-state index is 0.0137. The molecule has 122 valence electrons. The molecule has 1 aromatic carbocycles. The third-order valence-corrected chi connectivity index (χ3v) is 3.96. The number of Topliss-reactive ketones (excluding diaryl/α,β-unsaturated/α-hetero) is 1. The largest absolute Gasteiger partial charge is 0.454 e. The molecule has 0 saturated carbocycles. The molecule has 0 radical (unpaired) electrons. The number of aromatic nitrogens is 2. The van der Waals surface area contributed by atoms with Gasteiger partial charge in [0.1, 0.15) is 11.6 Å². The van der Waals surface area contributed by atoms with Crippen molar-refractivity contribution in [3.8, 4) is 29.0 Å². The second kappa shape index (κ2) is 6.64. The maximum Gasteiger partial charge on any atom is 0.277 e. The van der Waals surface area contributed by atoms with Gasteiger partial charge in [-0.1, -0.05) is 11.8 Å². The number of hydrogen-bond donors (Lipinski definition) is 1. The van der Waals surface area contributed by atoms with Crippen molar-refractivity contribution in [1.82, 2.24) is 10.2 Å². The third-order valence-electron chi connectivity index (χ3n) is 3.14. The lowest BCUT2D eigenvalue weighted by atomic mass is 10.2. The van der Waals surface area contributed by atoms with Crippen LogP contribution in [0.2, 0.25) is 0 Å². The fourth-order valence-electron chi connectivity index (χ4n) is 1.98. The molecule has 0 bridgehead atoms. The highest BCUT2D eigenvalue weighted by atomic mass is 32.2. The zero-order valence-electron chi connectivity index (χ0n) is 12.6. The van der Waals surface area contributed by atoms with Gasteiger partial charge >= 0.3 is 0 Å². The van der Waals surface area contributed by atoms with Crippen LogP contribution in [0.1, 0.15) is 6.92 Å². The van der Waals surface area contributed by atoms with E-state index in [9.17, 15) is 4.79 Å². The number of benzene rings is 1. The number of nitrogens with two attached hydrogens (primary N) is 1. The van der Waals surface area contributed by atoms with Crippen LogP contribution in [0.3, 0.4) is 0 Å². The van der Waals surface area contributed by atoms with E-state index in [2.05, 4.69) is 10.2 Å². The van der Waals surface area contributed by atoms with E-state index in [1.54, 1.807) is 24.3 Å². The van der Waals surface area contributed by atoms with Gasteiger partial charge < -0.3 is 19.6 Å². The second-order valence-electron chi connectivity index (χ2n) is 4.82. The summed E-state index contributed by atoms with van der Waals surface area (Å²) in [5.74, 6) is 1.17. The van der Waals surface area contributed by atoms with E-state index in [0.29, 0.717) is 23.0 Å². The van der Waals surface area contributed by atoms with Crippen molar-refractivity contribution in [2.75, 3.05) is 12.5 Å². The maximum atomic E-state index is 11.9. The van der Waals surface area contributed by atoms with Gasteiger partial charge in [-0.3, -0.25) is 4.79 Å². The van der Waals surface area contributed by atoms with Crippen LogP contribution in [0.4, 0.5) is 0 Å². The number of thioether (sulfide) groups is 1. The Morgan fingerprint density at radius 3 is 2.92 bits per heavy atom. The van der Waals surface area contributed by atoms with Crippen LogP contribution >= 0.6 is 11.8 Å². The van der Waals surface area contributed by atoms with Gasteiger partial charge in [0.2, 0.25) is 12.7 Å². The molecule has 0 spiro atoms. The molecule has 0 saturated heterocycles. The molecule has 2 N–H and O–H groups in total. The lowest BCUT2D eigenvalue weighted by Crippen LogP contribution is -2.10. The number of hydrogen-bond acceptors (Lipinski definition) is 9. The highest BCUT2D eigenvalue weighted by Gasteiger charge is 2.18. The molecule has 24 heavy (non-hydrogen) atoms. The molecule has 1 aliphatic heterocycles. The molecule has 3 rings (SSSR count). The lowest BCUT2D eigenvalue weighted by Gasteiger charge is -1.99. The first-order valence-electron chi connectivity index (χ1n) is 6.84. The Hall–Kier alpha value is -2.99. The third kappa shape index (κ3) is 3.18. The number of rotatable bonds is 5. The Morgan fingerprint density at radius 2 is 2.17 bits per heavy atom. The average Bonchev–Trinajstić information content (AvgIpc) is 3.21. The summed E-state index contributed by atoms with van der Waals surface area (Å²) in [5.41, 5.74) is 6.31. The zero-order valence-corrected chi connectivity index (χ0v) is 13.4. The molecule has 1 aliphatic rings. The Labute approximate surface area is 141 Å². The first-order valence-corrected chi connectivity index (χ1v) is 7.83. The van der Waals surface area contributed by atoms with Crippen LogP contribution < -0.4 is 15.2 Å². The molecule has 2 heterocycles. The van der Waals surface area contributed by atoms with Gasteiger partial charge in [-0.2, -0.15) is 5.26 Å². The number of nitriles is 1.